The van der Waals surface area contributed by atoms with Crippen LogP contribution in [0.1, 0.15) is 24.0 Å². The van der Waals surface area contributed by atoms with E-state index in [2.05, 4.69) is 10.2 Å². The summed E-state index contributed by atoms with van der Waals surface area (Å²) in [6.07, 6.45) is 1.59. The SMILES string of the molecule is Cc1ccc(CNC(=O)CN2CCC3(CC2)OCCO3)cc1F. The fourth-order valence-electron chi connectivity index (χ4n) is 3.04. The Bertz CT molecular complexity index is 563. The van der Waals surface area contributed by atoms with Crippen LogP contribution in [0.25, 0.3) is 0 Å². The molecule has 0 atom stereocenters. The third-order valence-electron chi connectivity index (χ3n) is 4.52. The first-order chi connectivity index (χ1) is 11.1. The number of amides is 1. The quantitative estimate of drug-likeness (QED) is 0.915. The highest BCUT2D eigenvalue weighted by Gasteiger charge is 2.39. The maximum absolute atomic E-state index is 13.5. The number of rotatable bonds is 4. The Morgan fingerprint density at radius 1 is 1.30 bits per heavy atom. The molecule has 3 rings (SSSR count). The van der Waals surface area contributed by atoms with Crippen molar-refractivity contribution in [3.8, 4) is 0 Å². The van der Waals surface area contributed by atoms with E-state index in [0.29, 0.717) is 31.9 Å². The van der Waals surface area contributed by atoms with Crippen molar-refractivity contribution in [1.29, 1.82) is 0 Å². The van der Waals surface area contributed by atoms with Gasteiger partial charge in [0, 0.05) is 32.5 Å². The average molecular weight is 322 g/mol. The Balaban J connectivity index is 1.42. The second-order valence-electron chi connectivity index (χ2n) is 6.24. The van der Waals surface area contributed by atoms with E-state index in [1.165, 1.54) is 6.07 Å². The molecule has 5 nitrogen and oxygen atoms in total. The van der Waals surface area contributed by atoms with Crippen LogP contribution in [0.15, 0.2) is 18.2 Å². The molecule has 0 aromatic heterocycles. The van der Waals surface area contributed by atoms with Gasteiger partial charge in [0.2, 0.25) is 5.91 Å². The number of aryl methyl sites for hydroxylation is 1. The molecule has 0 radical (unpaired) electrons. The second-order valence-corrected chi connectivity index (χ2v) is 6.24. The predicted molar refractivity (Wildman–Crippen MR) is 83.3 cm³/mol. The molecule has 1 aromatic rings. The molecule has 2 saturated heterocycles. The van der Waals surface area contributed by atoms with Gasteiger partial charge in [-0.1, -0.05) is 12.1 Å². The van der Waals surface area contributed by atoms with Crippen molar-refractivity contribution >= 4 is 5.91 Å². The number of nitrogens with one attached hydrogen (secondary N) is 1. The number of hydrogen-bond acceptors (Lipinski definition) is 4. The molecular weight excluding hydrogens is 299 g/mol. The molecule has 126 valence electrons. The summed E-state index contributed by atoms with van der Waals surface area (Å²) in [6.45, 7) is 5.31. The van der Waals surface area contributed by atoms with Gasteiger partial charge in [-0.3, -0.25) is 9.69 Å². The van der Waals surface area contributed by atoms with Gasteiger partial charge in [-0.15, -0.1) is 0 Å². The molecule has 0 aliphatic carbocycles. The lowest BCUT2D eigenvalue weighted by Gasteiger charge is -2.37. The topological polar surface area (TPSA) is 50.8 Å². The summed E-state index contributed by atoms with van der Waals surface area (Å²) >= 11 is 0. The van der Waals surface area contributed by atoms with Crippen LogP contribution < -0.4 is 5.32 Å². The second kappa shape index (κ2) is 6.95. The third kappa shape index (κ3) is 4.07. The first-order valence-corrected chi connectivity index (χ1v) is 8.08. The van der Waals surface area contributed by atoms with E-state index < -0.39 is 5.79 Å². The highest BCUT2D eigenvalue weighted by atomic mass is 19.1. The summed E-state index contributed by atoms with van der Waals surface area (Å²) in [5.41, 5.74) is 1.38. The van der Waals surface area contributed by atoms with Crippen LogP contribution in [0.4, 0.5) is 4.39 Å². The van der Waals surface area contributed by atoms with Crippen LogP contribution in [0.2, 0.25) is 0 Å². The van der Waals surface area contributed by atoms with Crippen molar-refractivity contribution in [2.45, 2.75) is 32.1 Å². The van der Waals surface area contributed by atoms with Gasteiger partial charge in [-0.25, -0.2) is 4.39 Å². The summed E-state index contributed by atoms with van der Waals surface area (Å²) in [4.78, 5) is 14.1. The standard InChI is InChI=1S/C17H23FN2O3/c1-13-2-3-14(10-15(13)18)11-19-16(21)12-20-6-4-17(5-7-20)22-8-9-23-17/h2-3,10H,4-9,11-12H2,1H3,(H,19,21). The number of ether oxygens (including phenoxy) is 2. The zero-order valence-corrected chi connectivity index (χ0v) is 13.4. The van der Waals surface area contributed by atoms with E-state index in [1.54, 1.807) is 13.0 Å². The highest BCUT2D eigenvalue weighted by Crippen LogP contribution is 2.30. The number of hydrogen-bond donors (Lipinski definition) is 1. The maximum atomic E-state index is 13.5. The van der Waals surface area contributed by atoms with Crippen LogP contribution in [-0.2, 0) is 20.8 Å². The summed E-state index contributed by atoms with van der Waals surface area (Å²) in [5.74, 6) is -0.698. The van der Waals surface area contributed by atoms with Gasteiger partial charge in [0.1, 0.15) is 5.82 Å². The third-order valence-corrected chi connectivity index (χ3v) is 4.52. The van der Waals surface area contributed by atoms with Crippen molar-refractivity contribution in [3.05, 3.63) is 35.1 Å². The van der Waals surface area contributed by atoms with Crippen LogP contribution in [0.5, 0.6) is 0 Å². The summed E-state index contributed by atoms with van der Waals surface area (Å²) in [6, 6.07) is 5.02. The molecule has 2 aliphatic rings. The molecule has 0 bridgehead atoms. The number of piperidine rings is 1. The summed E-state index contributed by atoms with van der Waals surface area (Å²) in [5, 5.41) is 2.84. The lowest BCUT2D eigenvalue weighted by atomic mass is 10.0. The molecule has 23 heavy (non-hydrogen) atoms. The minimum absolute atomic E-state index is 0.0461. The van der Waals surface area contributed by atoms with Gasteiger partial charge in [0.25, 0.3) is 0 Å². The van der Waals surface area contributed by atoms with E-state index in [1.807, 2.05) is 6.07 Å². The van der Waals surface area contributed by atoms with Crippen molar-refractivity contribution in [2.24, 2.45) is 0 Å². The van der Waals surface area contributed by atoms with Crippen molar-refractivity contribution in [2.75, 3.05) is 32.8 Å². The number of carbonyl (C=O) groups excluding carboxylic acids is 1. The average Bonchev–Trinajstić information content (AvgIpc) is 2.99. The Labute approximate surface area is 135 Å². The normalized spacial score (nSPS) is 20.8. The Morgan fingerprint density at radius 3 is 2.65 bits per heavy atom. The number of likely N-dealkylation sites (tertiary alicyclic amines) is 1. The Hall–Kier alpha value is -1.50. The monoisotopic (exact) mass is 322 g/mol. The van der Waals surface area contributed by atoms with Crippen molar-refractivity contribution < 1.29 is 18.7 Å². The molecule has 2 heterocycles. The minimum Gasteiger partial charge on any atom is -0.351 e. The van der Waals surface area contributed by atoms with Crippen molar-refractivity contribution in [3.63, 3.8) is 0 Å². The van der Waals surface area contributed by atoms with Crippen LogP contribution in [0.3, 0.4) is 0 Å². The van der Waals surface area contributed by atoms with Crippen LogP contribution in [0, 0.1) is 12.7 Å². The molecule has 2 aliphatic heterocycles. The molecule has 6 heteroatoms. The molecule has 0 unspecified atom stereocenters. The largest absolute Gasteiger partial charge is 0.351 e. The van der Waals surface area contributed by atoms with Gasteiger partial charge in [-0.05, 0) is 24.1 Å². The Morgan fingerprint density at radius 2 is 2.00 bits per heavy atom. The lowest BCUT2D eigenvalue weighted by Crippen LogP contribution is -2.48. The van der Waals surface area contributed by atoms with E-state index in [0.717, 1.165) is 31.5 Å². The van der Waals surface area contributed by atoms with Gasteiger partial charge >= 0.3 is 0 Å². The number of halogens is 1. The van der Waals surface area contributed by atoms with Gasteiger partial charge in [0.05, 0.1) is 19.8 Å². The van der Waals surface area contributed by atoms with Gasteiger partial charge < -0.3 is 14.8 Å². The van der Waals surface area contributed by atoms with E-state index in [-0.39, 0.29) is 11.7 Å². The predicted octanol–water partition coefficient (Wildman–Crippen LogP) is 1.59. The lowest BCUT2D eigenvalue weighted by molar-refractivity contribution is -0.185. The smallest absolute Gasteiger partial charge is 0.234 e. The van der Waals surface area contributed by atoms with Crippen molar-refractivity contribution in [1.82, 2.24) is 10.2 Å². The van der Waals surface area contributed by atoms with E-state index >= 15 is 0 Å². The maximum Gasteiger partial charge on any atom is 0.234 e. The molecule has 1 aromatic carbocycles. The molecule has 1 spiro atoms. The zero-order valence-electron chi connectivity index (χ0n) is 13.4. The fourth-order valence-corrected chi connectivity index (χ4v) is 3.04. The first-order valence-electron chi connectivity index (χ1n) is 8.08. The zero-order chi connectivity index (χ0) is 16.3. The fraction of sp³-hybridized carbons (Fsp3) is 0.588. The number of carbonyl (C=O) groups is 1. The molecule has 1 N–H and O–H groups in total. The van der Waals surface area contributed by atoms with Gasteiger partial charge in [-0.2, -0.15) is 0 Å². The summed E-state index contributed by atoms with van der Waals surface area (Å²) < 4.78 is 24.8. The molecule has 1 amide bonds. The first kappa shape index (κ1) is 16.4. The molecular formula is C17H23FN2O3. The van der Waals surface area contributed by atoms with Gasteiger partial charge in [0.15, 0.2) is 5.79 Å². The Kier molecular flexibility index (Phi) is 4.94. The summed E-state index contributed by atoms with van der Waals surface area (Å²) in [7, 11) is 0. The van der Waals surface area contributed by atoms with E-state index in [9.17, 15) is 9.18 Å². The number of benzene rings is 1. The van der Waals surface area contributed by atoms with Crippen LogP contribution in [-0.4, -0.2) is 49.4 Å². The van der Waals surface area contributed by atoms with Crippen LogP contribution >= 0.6 is 0 Å². The molecule has 2 fully saturated rings. The number of nitrogens with zero attached hydrogens (tertiary/aromatic N) is 1. The highest BCUT2D eigenvalue weighted by molar-refractivity contribution is 5.78. The minimum atomic E-state index is -0.410. The van der Waals surface area contributed by atoms with E-state index in [4.69, 9.17) is 9.47 Å². The molecule has 0 saturated carbocycles.